The zero-order valence-corrected chi connectivity index (χ0v) is 23.8. The third-order valence-electron chi connectivity index (χ3n) is 7.81. The number of nitrogens with zero attached hydrogens (tertiary/aromatic N) is 7. The van der Waals surface area contributed by atoms with Crippen LogP contribution < -0.4 is 9.64 Å². The molecule has 13 heteroatoms. The predicted octanol–water partition coefficient (Wildman–Crippen LogP) is 5.23. The van der Waals surface area contributed by atoms with Crippen LogP contribution in [0.2, 0.25) is 5.02 Å². The highest BCUT2D eigenvalue weighted by molar-refractivity contribution is 6.35. The first-order chi connectivity index (χ1) is 20.8. The fourth-order valence-electron chi connectivity index (χ4n) is 5.73. The van der Waals surface area contributed by atoms with Crippen molar-refractivity contribution in [3.63, 3.8) is 0 Å². The Morgan fingerprint density at radius 2 is 1.88 bits per heavy atom. The van der Waals surface area contributed by atoms with E-state index in [1.165, 1.54) is 16.5 Å². The second kappa shape index (κ2) is 10.5. The number of ether oxygens (including phenoxy) is 1. The number of hydrogen-bond donors (Lipinski definition) is 1. The first kappa shape index (κ1) is 27.2. The summed E-state index contributed by atoms with van der Waals surface area (Å²) < 4.78 is 34.6. The zero-order chi connectivity index (χ0) is 29.8. The summed E-state index contributed by atoms with van der Waals surface area (Å²) in [6.45, 7) is 6.02. The third-order valence-corrected chi connectivity index (χ3v) is 8.18. The van der Waals surface area contributed by atoms with E-state index >= 15 is 0 Å². The molecule has 5 aromatic rings. The number of pyridine rings is 1. The maximum Gasteiger partial charge on any atom is 0.326 e. The number of aromatic amines is 1. The van der Waals surface area contributed by atoms with Crippen LogP contribution in [0.15, 0.2) is 55.0 Å². The van der Waals surface area contributed by atoms with Crippen molar-refractivity contribution < 1.29 is 18.3 Å². The number of H-pyrrole nitrogens is 1. The summed E-state index contributed by atoms with van der Waals surface area (Å²) >= 11 is 6.44. The summed E-state index contributed by atoms with van der Waals surface area (Å²) in [4.78, 5) is 32.0. The Labute approximate surface area is 249 Å². The number of hydrogen-bond acceptors (Lipinski definition) is 8. The smallest absolute Gasteiger partial charge is 0.326 e. The molecule has 2 aliphatic heterocycles. The van der Waals surface area contributed by atoms with E-state index in [-0.39, 0.29) is 24.1 Å². The van der Waals surface area contributed by atoms with Gasteiger partial charge >= 0.3 is 6.01 Å². The molecule has 5 heterocycles. The van der Waals surface area contributed by atoms with Gasteiger partial charge in [0, 0.05) is 61.8 Å². The number of fused-ring (bicyclic) bond motifs is 3. The predicted molar refractivity (Wildman–Crippen MR) is 158 cm³/mol. The van der Waals surface area contributed by atoms with Crippen molar-refractivity contribution in [2.45, 2.75) is 13.1 Å². The monoisotopic (exact) mass is 602 g/mol. The molecule has 0 saturated carbocycles. The Kier molecular flexibility index (Phi) is 6.66. The maximum atomic E-state index is 14.8. The minimum absolute atomic E-state index is 0.0780. The molecule has 218 valence electrons. The van der Waals surface area contributed by atoms with E-state index < -0.39 is 17.6 Å². The molecule has 1 amide bonds. The molecule has 0 spiro atoms. The van der Waals surface area contributed by atoms with Crippen LogP contribution in [0, 0.1) is 5.82 Å². The molecular formula is C30H25ClF2N8O2. The molecule has 1 fully saturated rings. The summed E-state index contributed by atoms with van der Waals surface area (Å²) in [5.41, 5.74) is 3.81. The number of amides is 1. The maximum absolute atomic E-state index is 14.8. The lowest BCUT2D eigenvalue weighted by Crippen LogP contribution is -2.49. The van der Waals surface area contributed by atoms with Crippen LogP contribution in [0.1, 0.15) is 11.1 Å². The van der Waals surface area contributed by atoms with Gasteiger partial charge in [-0.2, -0.15) is 15.1 Å². The van der Waals surface area contributed by atoms with Gasteiger partial charge in [0.1, 0.15) is 17.4 Å². The van der Waals surface area contributed by atoms with Gasteiger partial charge in [0.15, 0.2) is 11.5 Å². The molecule has 0 unspecified atom stereocenters. The third kappa shape index (κ3) is 4.82. The van der Waals surface area contributed by atoms with Gasteiger partial charge in [-0.05, 0) is 30.8 Å². The van der Waals surface area contributed by atoms with Gasteiger partial charge in [-0.3, -0.25) is 14.8 Å². The number of anilines is 1. The molecule has 0 radical (unpaired) electrons. The van der Waals surface area contributed by atoms with Crippen molar-refractivity contribution in [3.05, 3.63) is 77.0 Å². The number of nitrogens with one attached hydrogen (secondary N) is 1. The number of piperazine rings is 1. The number of aromatic nitrogens is 5. The van der Waals surface area contributed by atoms with E-state index in [1.807, 2.05) is 24.1 Å². The molecule has 0 bridgehead atoms. The Morgan fingerprint density at radius 3 is 2.67 bits per heavy atom. The standard InChI is InChI=1S/C30H25ClF2N8O2/c1-16(32)29(42)41-10-8-40(9-11-41)28-18-6-7-22(25-19-13-34-38-23(19)12-21(33)26(25)31)35-27(18)36-30(37-28)43-24-5-3-4-17-14-39(2)15-20(17)24/h3-7,12-13H,1,8-11,14-15H2,2H3,(H,34,38). The van der Waals surface area contributed by atoms with E-state index in [2.05, 4.69) is 32.7 Å². The normalized spacial score (nSPS) is 15.3. The first-order valence-corrected chi connectivity index (χ1v) is 14.0. The van der Waals surface area contributed by atoms with E-state index in [0.717, 1.165) is 18.7 Å². The van der Waals surface area contributed by atoms with Crippen molar-refractivity contribution in [2.75, 3.05) is 38.1 Å². The van der Waals surface area contributed by atoms with Gasteiger partial charge in [0.2, 0.25) is 0 Å². The van der Waals surface area contributed by atoms with Crippen LogP contribution in [0.3, 0.4) is 0 Å². The van der Waals surface area contributed by atoms with Crippen LogP contribution in [-0.2, 0) is 17.9 Å². The molecule has 43 heavy (non-hydrogen) atoms. The molecule has 0 atom stereocenters. The van der Waals surface area contributed by atoms with Crippen molar-refractivity contribution in [2.24, 2.45) is 0 Å². The summed E-state index contributed by atoms with van der Waals surface area (Å²) in [6, 6.07) is 10.8. The lowest BCUT2D eigenvalue weighted by Gasteiger charge is -2.35. The Hall–Kier alpha value is -4.68. The van der Waals surface area contributed by atoms with Gasteiger partial charge in [0.05, 0.1) is 27.8 Å². The second-order valence-corrected chi connectivity index (χ2v) is 11.0. The number of rotatable bonds is 5. The van der Waals surface area contributed by atoms with Gasteiger partial charge in [-0.25, -0.2) is 13.8 Å². The number of halogens is 3. The van der Waals surface area contributed by atoms with E-state index in [1.54, 1.807) is 18.3 Å². The van der Waals surface area contributed by atoms with Crippen LogP contribution in [0.4, 0.5) is 14.6 Å². The van der Waals surface area contributed by atoms with Gasteiger partial charge in [-0.1, -0.05) is 30.3 Å². The average molecular weight is 603 g/mol. The average Bonchev–Trinajstić information content (AvgIpc) is 3.62. The Morgan fingerprint density at radius 1 is 1.07 bits per heavy atom. The molecule has 1 N–H and O–H groups in total. The molecule has 2 aromatic carbocycles. The first-order valence-electron chi connectivity index (χ1n) is 13.6. The number of carbonyl (C=O) groups excluding carboxylic acids is 1. The van der Waals surface area contributed by atoms with Gasteiger partial charge in [0.25, 0.3) is 5.91 Å². The van der Waals surface area contributed by atoms with Crippen molar-refractivity contribution in [1.82, 2.24) is 34.9 Å². The van der Waals surface area contributed by atoms with E-state index in [9.17, 15) is 13.6 Å². The summed E-state index contributed by atoms with van der Waals surface area (Å²) in [5.74, 6) is -1.11. The molecule has 0 aliphatic carbocycles. The van der Waals surface area contributed by atoms with Gasteiger partial charge < -0.3 is 14.5 Å². The van der Waals surface area contributed by atoms with Crippen molar-refractivity contribution >= 4 is 45.3 Å². The Balaban J connectivity index is 1.33. The minimum atomic E-state index is -0.989. The fraction of sp³-hybridized carbons (Fsp3) is 0.233. The second-order valence-electron chi connectivity index (χ2n) is 10.6. The van der Waals surface area contributed by atoms with Crippen LogP contribution in [0.5, 0.6) is 11.8 Å². The highest BCUT2D eigenvalue weighted by Gasteiger charge is 2.27. The van der Waals surface area contributed by atoms with Crippen LogP contribution in [-0.4, -0.2) is 74.1 Å². The van der Waals surface area contributed by atoms with Gasteiger partial charge in [-0.15, -0.1) is 0 Å². The number of carbonyl (C=O) groups is 1. The van der Waals surface area contributed by atoms with Crippen molar-refractivity contribution in [1.29, 1.82) is 0 Å². The van der Waals surface area contributed by atoms with Crippen LogP contribution in [0.25, 0.3) is 33.2 Å². The summed E-state index contributed by atoms with van der Waals surface area (Å²) in [5, 5.41) is 7.98. The number of benzene rings is 2. The molecule has 3 aromatic heterocycles. The fourth-order valence-corrected chi connectivity index (χ4v) is 5.98. The lowest BCUT2D eigenvalue weighted by atomic mass is 10.1. The highest BCUT2D eigenvalue weighted by atomic mass is 35.5. The molecular weight excluding hydrogens is 578 g/mol. The van der Waals surface area contributed by atoms with Crippen molar-refractivity contribution in [3.8, 4) is 23.0 Å². The highest BCUT2D eigenvalue weighted by Crippen LogP contribution is 2.38. The topological polar surface area (TPSA) is 103 Å². The van der Waals surface area contributed by atoms with E-state index in [0.29, 0.717) is 57.9 Å². The quantitative estimate of drug-likeness (QED) is 0.273. The molecule has 10 nitrogen and oxygen atoms in total. The summed E-state index contributed by atoms with van der Waals surface area (Å²) in [6.07, 6.45) is 1.57. The SMILES string of the molecule is C=C(F)C(=O)N1CCN(c2nc(Oc3cccc4c3CN(C)C4)nc3nc(-c4c(Cl)c(F)cc5[nH]ncc45)ccc23)CC1. The minimum Gasteiger partial charge on any atom is -0.424 e. The van der Waals surface area contributed by atoms with Crippen LogP contribution >= 0.6 is 11.6 Å². The molecule has 1 saturated heterocycles. The largest absolute Gasteiger partial charge is 0.424 e. The zero-order valence-electron chi connectivity index (χ0n) is 23.1. The molecule has 7 rings (SSSR count). The molecule has 2 aliphatic rings. The van der Waals surface area contributed by atoms with E-state index in [4.69, 9.17) is 26.3 Å². The lowest BCUT2D eigenvalue weighted by molar-refractivity contribution is -0.128. The summed E-state index contributed by atoms with van der Waals surface area (Å²) in [7, 11) is 2.04. The Bertz CT molecular complexity index is 1940.